The molecule has 0 radical (unpaired) electrons. The molecule has 2 rings (SSSR count). The Morgan fingerprint density at radius 2 is 2.06 bits per heavy atom. The number of nitrogens with zero attached hydrogens (tertiary/aromatic N) is 2. The highest BCUT2D eigenvalue weighted by Crippen LogP contribution is 2.22. The molecule has 3 nitrogen and oxygen atoms in total. The van der Waals surface area contributed by atoms with Crippen LogP contribution in [0, 0.1) is 5.92 Å². The Bertz CT molecular complexity index is 429. The van der Waals surface area contributed by atoms with Crippen molar-refractivity contribution in [2.75, 3.05) is 13.1 Å². The number of carbonyl (C=O) groups excluding carboxylic acids is 1. The van der Waals surface area contributed by atoms with Crippen molar-refractivity contribution in [2.45, 2.75) is 19.8 Å². The highest BCUT2D eigenvalue weighted by molar-refractivity contribution is 6.41. The minimum atomic E-state index is -0.0111. The van der Waals surface area contributed by atoms with E-state index in [0.29, 0.717) is 16.5 Å². The van der Waals surface area contributed by atoms with Crippen LogP contribution in [0.1, 0.15) is 30.1 Å². The van der Waals surface area contributed by atoms with Gasteiger partial charge in [-0.25, -0.2) is 4.98 Å². The van der Waals surface area contributed by atoms with Crippen LogP contribution in [-0.4, -0.2) is 28.9 Å². The molecule has 2 heterocycles. The van der Waals surface area contributed by atoms with Gasteiger partial charge in [0.1, 0.15) is 5.15 Å². The molecule has 5 heteroatoms. The van der Waals surface area contributed by atoms with Crippen LogP contribution in [-0.2, 0) is 0 Å². The first-order valence-corrected chi connectivity index (χ1v) is 6.44. The van der Waals surface area contributed by atoms with Crippen LogP contribution in [0.25, 0.3) is 0 Å². The van der Waals surface area contributed by atoms with Crippen molar-refractivity contribution >= 4 is 29.1 Å². The molecule has 92 valence electrons. The molecule has 0 N–H and O–H groups in total. The molecule has 0 atom stereocenters. The van der Waals surface area contributed by atoms with Crippen LogP contribution < -0.4 is 0 Å². The van der Waals surface area contributed by atoms with E-state index in [2.05, 4.69) is 11.9 Å². The van der Waals surface area contributed by atoms with Gasteiger partial charge < -0.3 is 4.90 Å². The molecular formula is C12H14Cl2N2O. The molecule has 1 aliphatic rings. The third-order valence-corrected chi connectivity index (χ3v) is 3.80. The maximum Gasteiger partial charge on any atom is 0.255 e. The first kappa shape index (κ1) is 12.7. The van der Waals surface area contributed by atoms with Crippen molar-refractivity contribution in [3.8, 4) is 0 Å². The minimum absolute atomic E-state index is 0.0111. The van der Waals surface area contributed by atoms with Crippen molar-refractivity contribution < 1.29 is 4.79 Å². The number of halogens is 2. The molecule has 0 aromatic carbocycles. The second kappa shape index (κ2) is 5.23. The molecule has 0 saturated carbocycles. The van der Waals surface area contributed by atoms with Crippen molar-refractivity contribution in [3.63, 3.8) is 0 Å². The summed E-state index contributed by atoms with van der Waals surface area (Å²) < 4.78 is 0. The fraction of sp³-hybridized carbons (Fsp3) is 0.500. The van der Waals surface area contributed by atoms with Crippen LogP contribution in [0.3, 0.4) is 0 Å². The maximum atomic E-state index is 12.2. The topological polar surface area (TPSA) is 33.2 Å². The summed E-state index contributed by atoms with van der Waals surface area (Å²) in [6, 6.07) is 1.58. The number of piperidine rings is 1. The zero-order chi connectivity index (χ0) is 12.4. The molecular weight excluding hydrogens is 259 g/mol. The summed E-state index contributed by atoms with van der Waals surface area (Å²) in [7, 11) is 0. The number of likely N-dealkylation sites (tertiary alicyclic amines) is 1. The van der Waals surface area contributed by atoms with E-state index in [1.165, 1.54) is 6.20 Å². The quantitative estimate of drug-likeness (QED) is 0.736. The van der Waals surface area contributed by atoms with E-state index in [9.17, 15) is 4.79 Å². The van der Waals surface area contributed by atoms with Gasteiger partial charge in [0.05, 0.1) is 10.6 Å². The van der Waals surface area contributed by atoms with Gasteiger partial charge in [0.25, 0.3) is 5.91 Å². The fourth-order valence-electron chi connectivity index (χ4n) is 1.93. The number of aromatic nitrogens is 1. The number of amides is 1. The van der Waals surface area contributed by atoms with E-state index < -0.39 is 0 Å². The Morgan fingerprint density at radius 3 is 2.65 bits per heavy atom. The van der Waals surface area contributed by atoms with Crippen molar-refractivity contribution in [1.29, 1.82) is 0 Å². The van der Waals surface area contributed by atoms with E-state index in [-0.39, 0.29) is 11.1 Å². The summed E-state index contributed by atoms with van der Waals surface area (Å²) in [6.07, 6.45) is 3.59. The normalized spacial score (nSPS) is 17.2. The summed E-state index contributed by atoms with van der Waals surface area (Å²) in [6.45, 7) is 3.82. The average Bonchev–Trinajstić information content (AvgIpc) is 2.33. The highest BCUT2D eigenvalue weighted by Gasteiger charge is 2.22. The first-order chi connectivity index (χ1) is 8.08. The van der Waals surface area contributed by atoms with E-state index in [0.717, 1.165) is 25.9 Å². The summed E-state index contributed by atoms with van der Waals surface area (Å²) in [4.78, 5) is 17.9. The van der Waals surface area contributed by atoms with Crippen LogP contribution in [0.5, 0.6) is 0 Å². The first-order valence-electron chi connectivity index (χ1n) is 5.68. The lowest BCUT2D eigenvalue weighted by Gasteiger charge is -2.30. The van der Waals surface area contributed by atoms with Gasteiger partial charge in [-0.1, -0.05) is 30.1 Å². The van der Waals surface area contributed by atoms with Gasteiger partial charge in [-0.05, 0) is 24.8 Å². The van der Waals surface area contributed by atoms with Crippen LogP contribution in [0.15, 0.2) is 12.3 Å². The number of carbonyl (C=O) groups is 1. The number of rotatable bonds is 1. The fourth-order valence-corrected chi connectivity index (χ4v) is 2.20. The monoisotopic (exact) mass is 272 g/mol. The predicted octanol–water partition coefficient (Wildman–Crippen LogP) is 3.26. The van der Waals surface area contributed by atoms with Gasteiger partial charge in [0.15, 0.2) is 0 Å². The van der Waals surface area contributed by atoms with Crippen LogP contribution >= 0.6 is 23.2 Å². The smallest absolute Gasteiger partial charge is 0.255 e. The summed E-state index contributed by atoms with van der Waals surface area (Å²) >= 11 is 11.6. The minimum Gasteiger partial charge on any atom is -0.339 e. The van der Waals surface area contributed by atoms with Gasteiger partial charge >= 0.3 is 0 Å². The lowest BCUT2D eigenvalue weighted by Crippen LogP contribution is -2.37. The van der Waals surface area contributed by atoms with Crippen molar-refractivity contribution in [1.82, 2.24) is 9.88 Å². The van der Waals surface area contributed by atoms with Crippen molar-refractivity contribution in [2.24, 2.45) is 5.92 Å². The number of hydrogen-bond acceptors (Lipinski definition) is 2. The molecule has 1 fully saturated rings. The molecule has 1 saturated heterocycles. The molecule has 1 aromatic rings. The zero-order valence-corrected chi connectivity index (χ0v) is 11.1. The van der Waals surface area contributed by atoms with E-state index >= 15 is 0 Å². The Hall–Kier alpha value is -0.800. The second-order valence-corrected chi connectivity index (χ2v) is 5.24. The zero-order valence-electron chi connectivity index (χ0n) is 9.62. The van der Waals surface area contributed by atoms with Gasteiger partial charge in [-0.15, -0.1) is 0 Å². The molecule has 0 aliphatic carbocycles. The largest absolute Gasteiger partial charge is 0.339 e. The third kappa shape index (κ3) is 2.90. The molecule has 17 heavy (non-hydrogen) atoms. The van der Waals surface area contributed by atoms with Gasteiger partial charge in [0, 0.05) is 19.3 Å². The molecule has 1 amide bonds. The lowest BCUT2D eigenvalue weighted by molar-refractivity contribution is 0.0697. The Kier molecular flexibility index (Phi) is 3.89. The third-order valence-electron chi connectivity index (χ3n) is 3.11. The van der Waals surface area contributed by atoms with Gasteiger partial charge in [-0.3, -0.25) is 4.79 Å². The number of pyridine rings is 1. The summed E-state index contributed by atoms with van der Waals surface area (Å²) in [5.41, 5.74) is 0.508. The Labute approximate surface area is 111 Å². The standard InChI is InChI=1S/C12H14Cl2N2O/c1-8-2-4-16(5-3-8)12(17)9-6-10(13)11(14)15-7-9/h6-8H,2-5H2,1H3. The SMILES string of the molecule is CC1CCN(C(=O)c2cnc(Cl)c(Cl)c2)CC1. The molecule has 1 aliphatic heterocycles. The van der Waals surface area contributed by atoms with E-state index in [1.807, 2.05) is 4.90 Å². The van der Waals surface area contributed by atoms with Gasteiger partial charge in [0.2, 0.25) is 0 Å². The van der Waals surface area contributed by atoms with E-state index in [4.69, 9.17) is 23.2 Å². The van der Waals surface area contributed by atoms with Gasteiger partial charge in [-0.2, -0.15) is 0 Å². The van der Waals surface area contributed by atoms with Crippen LogP contribution in [0.2, 0.25) is 10.2 Å². The number of hydrogen-bond donors (Lipinski definition) is 0. The summed E-state index contributed by atoms with van der Waals surface area (Å²) in [5, 5.41) is 0.554. The van der Waals surface area contributed by atoms with E-state index in [1.54, 1.807) is 6.07 Å². The Morgan fingerprint density at radius 1 is 1.41 bits per heavy atom. The second-order valence-electron chi connectivity index (χ2n) is 4.47. The lowest BCUT2D eigenvalue weighted by atomic mass is 9.99. The highest BCUT2D eigenvalue weighted by atomic mass is 35.5. The molecule has 0 spiro atoms. The Balaban J connectivity index is 2.11. The van der Waals surface area contributed by atoms with Crippen LogP contribution in [0.4, 0.5) is 0 Å². The average molecular weight is 273 g/mol. The molecule has 1 aromatic heterocycles. The molecule has 0 unspecified atom stereocenters. The molecule has 0 bridgehead atoms. The maximum absolute atomic E-state index is 12.2. The predicted molar refractivity (Wildman–Crippen MR) is 68.6 cm³/mol. The van der Waals surface area contributed by atoms with Crippen molar-refractivity contribution in [3.05, 3.63) is 28.0 Å². The summed E-state index contributed by atoms with van der Waals surface area (Å²) in [5.74, 6) is 0.689.